The molecule has 0 aliphatic carbocycles. The predicted octanol–water partition coefficient (Wildman–Crippen LogP) is 3.65. The number of nitrogens with zero attached hydrogens (tertiary/aromatic N) is 4. The highest BCUT2D eigenvalue weighted by Crippen LogP contribution is 2.38. The van der Waals surface area contributed by atoms with E-state index >= 15 is 0 Å². The number of hydrogen-bond acceptors (Lipinski definition) is 5. The highest BCUT2D eigenvalue weighted by molar-refractivity contribution is 6.38. The maximum absolute atomic E-state index is 12.8. The van der Waals surface area contributed by atoms with E-state index in [2.05, 4.69) is 10.3 Å². The van der Waals surface area contributed by atoms with Crippen LogP contribution in [0.1, 0.15) is 16.8 Å². The maximum atomic E-state index is 12.8. The summed E-state index contributed by atoms with van der Waals surface area (Å²) in [6, 6.07) is 3.16. The molecule has 0 bridgehead atoms. The Morgan fingerprint density at radius 1 is 1.38 bits per heavy atom. The number of alkyl halides is 3. The Hall–Kier alpha value is -2.44. The van der Waals surface area contributed by atoms with Crippen molar-refractivity contribution in [3.05, 3.63) is 39.0 Å². The second-order valence-electron chi connectivity index (χ2n) is 4.52. The second kappa shape index (κ2) is 6.59. The van der Waals surface area contributed by atoms with Crippen molar-refractivity contribution in [2.45, 2.75) is 12.6 Å². The third-order valence-electron chi connectivity index (χ3n) is 3.06. The molecule has 0 saturated heterocycles. The summed E-state index contributed by atoms with van der Waals surface area (Å²) in [5.74, 6) is -0.0602. The summed E-state index contributed by atoms with van der Waals surface area (Å²) in [7, 11) is 0. The van der Waals surface area contributed by atoms with Crippen LogP contribution in [-0.2, 0) is 12.6 Å². The second-order valence-corrected chi connectivity index (χ2v) is 5.34. The number of nitrogens with two attached hydrogens (primary N) is 1. The molecule has 1 aromatic carbocycles. The number of halogens is 5. The van der Waals surface area contributed by atoms with Crippen LogP contribution in [0.15, 0.2) is 17.3 Å². The van der Waals surface area contributed by atoms with Crippen molar-refractivity contribution in [1.82, 2.24) is 9.78 Å². The normalized spacial score (nSPS) is 11.8. The lowest BCUT2D eigenvalue weighted by Crippen LogP contribution is -2.09. The fourth-order valence-electron chi connectivity index (χ4n) is 1.99. The van der Waals surface area contributed by atoms with E-state index in [-0.39, 0.29) is 39.2 Å². The number of oxime groups is 1. The fraction of sp³-hybridized carbons (Fsp3) is 0.154. The van der Waals surface area contributed by atoms with Crippen LogP contribution < -0.4 is 5.73 Å². The molecule has 0 aliphatic rings. The lowest BCUT2D eigenvalue weighted by atomic mass is 10.1. The SMILES string of the molecule is N#Cc1nn(-c2c(Cl)cc(C(F)(F)F)cc2Cl)c(N)c1CC=NO. The van der Waals surface area contributed by atoms with Gasteiger partial charge in [-0.25, -0.2) is 4.68 Å². The van der Waals surface area contributed by atoms with E-state index in [0.29, 0.717) is 12.1 Å². The highest BCUT2D eigenvalue weighted by Gasteiger charge is 2.32. The average molecular weight is 378 g/mol. The molecule has 0 radical (unpaired) electrons. The number of nitriles is 1. The van der Waals surface area contributed by atoms with Crippen LogP contribution in [0.3, 0.4) is 0 Å². The number of benzene rings is 1. The topological polar surface area (TPSA) is 100 Å². The smallest absolute Gasteiger partial charge is 0.411 e. The molecular formula is C13H8Cl2F3N5O. The molecule has 1 aromatic heterocycles. The zero-order chi connectivity index (χ0) is 18.1. The van der Waals surface area contributed by atoms with Crippen molar-refractivity contribution in [3.63, 3.8) is 0 Å². The van der Waals surface area contributed by atoms with Gasteiger partial charge in [0.2, 0.25) is 0 Å². The van der Waals surface area contributed by atoms with E-state index in [1.807, 2.05) is 0 Å². The Balaban J connectivity index is 2.66. The van der Waals surface area contributed by atoms with Crippen LogP contribution >= 0.6 is 23.2 Å². The van der Waals surface area contributed by atoms with Gasteiger partial charge >= 0.3 is 6.18 Å². The number of anilines is 1. The van der Waals surface area contributed by atoms with E-state index in [1.54, 1.807) is 6.07 Å². The van der Waals surface area contributed by atoms with Gasteiger partial charge < -0.3 is 10.9 Å². The Morgan fingerprint density at radius 2 is 1.96 bits per heavy atom. The van der Waals surface area contributed by atoms with Gasteiger partial charge in [0.15, 0.2) is 5.69 Å². The van der Waals surface area contributed by atoms with Crippen molar-refractivity contribution >= 4 is 35.2 Å². The molecule has 1 heterocycles. The number of aromatic nitrogens is 2. The van der Waals surface area contributed by atoms with Crippen LogP contribution in [0.5, 0.6) is 0 Å². The summed E-state index contributed by atoms with van der Waals surface area (Å²) in [4.78, 5) is 0. The molecule has 0 spiro atoms. The molecule has 6 nitrogen and oxygen atoms in total. The van der Waals surface area contributed by atoms with Crippen LogP contribution in [-0.4, -0.2) is 21.2 Å². The van der Waals surface area contributed by atoms with Crippen molar-refractivity contribution < 1.29 is 18.4 Å². The van der Waals surface area contributed by atoms with Gasteiger partial charge in [0.25, 0.3) is 0 Å². The van der Waals surface area contributed by atoms with Gasteiger partial charge in [-0.15, -0.1) is 5.16 Å². The fourth-order valence-corrected chi connectivity index (χ4v) is 2.64. The average Bonchev–Trinajstić information content (AvgIpc) is 2.80. The largest absolute Gasteiger partial charge is 0.416 e. The Morgan fingerprint density at radius 3 is 2.42 bits per heavy atom. The maximum Gasteiger partial charge on any atom is 0.416 e. The van der Waals surface area contributed by atoms with E-state index < -0.39 is 11.7 Å². The molecule has 0 aliphatic heterocycles. The first-order valence-electron chi connectivity index (χ1n) is 6.20. The van der Waals surface area contributed by atoms with Gasteiger partial charge in [0.05, 0.1) is 15.6 Å². The summed E-state index contributed by atoms with van der Waals surface area (Å²) in [5, 5.41) is 23.6. The third-order valence-corrected chi connectivity index (χ3v) is 3.64. The predicted molar refractivity (Wildman–Crippen MR) is 81.7 cm³/mol. The monoisotopic (exact) mass is 377 g/mol. The van der Waals surface area contributed by atoms with Crippen molar-refractivity contribution in [3.8, 4) is 11.8 Å². The molecule has 24 heavy (non-hydrogen) atoms. The number of rotatable bonds is 3. The van der Waals surface area contributed by atoms with Crippen LogP contribution in [0, 0.1) is 11.3 Å². The quantitative estimate of drug-likeness (QED) is 0.484. The van der Waals surface area contributed by atoms with Crippen molar-refractivity contribution in [2.24, 2.45) is 5.16 Å². The molecule has 2 aromatic rings. The lowest BCUT2D eigenvalue weighted by molar-refractivity contribution is -0.137. The van der Waals surface area contributed by atoms with Gasteiger partial charge in [-0.05, 0) is 12.1 Å². The molecule has 2 rings (SSSR count). The minimum Gasteiger partial charge on any atom is -0.411 e. The lowest BCUT2D eigenvalue weighted by Gasteiger charge is -2.13. The zero-order valence-electron chi connectivity index (χ0n) is 11.6. The molecular weight excluding hydrogens is 370 g/mol. The number of nitrogen functional groups attached to an aromatic ring is 1. The molecule has 3 N–H and O–H groups in total. The summed E-state index contributed by atoms with van der Waals surface area (Å²) < 4.78 is 39.3. The first kappa shape index (κ1) is 17.9. The van der Waals surface area contributed by atoms with Crippen molar-refractivity contribution in [1.29, 1.82) is 5.26 Å². The third kappa shape index (κ3) is 3.25. The molecule has 0 fully saturated rings. The van der Waals surface area contributed by atoms with Crippen LogP contribution in [0.25, 0.3) is 5.69 Å². The molecule has 0 saturated carbocycles. The molecule has 126 valence electrons. The first-order valence-corrected chi connectivity index (χ1v) is 6.96. The Labute approximate surface area is 143 Å². The molecule has 0 atom stereocenters. The first-order chi connectivity index (χ1) is 11.2. The van der Waals surface area contributed by atoms with Gasteiger partial charge in [-0.1, -0.05) is 23.2 Å². The zero-order valence-corrected chi connectivity index (χ0v) is 13.2. The summed E-state index contributed by atoms with van der Waals surface area (Å²) in [5.41, 5.74) is 4.89. The van der Waals surface area contributed by atoms with Crippen LogP contribution in [0.4, 0.5) is 19.0 Å². The van der Waals surface area contributed by atoms with Gasteiger partial charge in [0, 0.05) is 18.2 Å². The van der Waals surface area contributed by atoms with E-state index in [1.165, 1.54) is 0 Å². The van der Waals surface area contributed by atoms with Gasteiger partial charge in [-0.2, -0.15) is 23.5 Å². The van der Waals surface area contributed by atoms with Crippen molar-refractivity contribution in [2.75, 3.05) is 5.73 Å². The molecule has 11 heteroatoms. The minimum atomic E-state index is -4.62. The van der Waals surface area contributed by atoms with E-state index in [4.69, 9.17) is 39.4 Å². The molecule has 0 amide bonds. The van der Waals surface area contributed by atoms with Crippen LogP contribution in [0.2, 0.25) is 10.0 Å². The Bertz CT molecular complexity index is 832. The summed E-state index contributed by atoms with van der Waals surface area (Å²) in [6.45, 7) is 0. The van der Waals surface area contributed by atoms with Gasteiger partial charge in [0.1, 0.15) is 17.6 Å². The summed E-state index contributed by atoms with van der Waals surface area (Å²) in [6.07, 6.45) is -3.56. The highest BCUT2D eigenvalue weighted by atomic mass is 35.5. The van der Waals surface area contributed by atoms with E-state index in [9.17, 15) is 13.2 Å². The minimum absolute atomic E-state index is 0.0128. The molecule has 0 unspecified atom stereocenters. The summed E-state index contributed by atoms with van der Waals surface area (Å²) >= 11 is 11.8. The Kier molecular flexibility index (Phi) is 4.91. The van der Waals surface area contributed by atoms with Gasteiger partial charge in [-0.3, -0.25) is 0 Å². The van der Waals surface area contributed by atoms with E-state index in [0.717, 1.165) is 10.9 Å². The standard InChI is InChI=1S/C13H8Cl2F3N5O/c14-8-3-6(13(16,17)18)4-9(15)11(8)23-12(20)7(1-2-21-24)10(5-19)22-23/h2-4,24H,1,20H2. The number of hydrogen-bond donors (Lipinski definition) is 2.